The fourth-order valence-electron chi connectivity index (χ4n) is 3.43. The molecule has 0 unspecified atom stereocenters. The minimum Gasteiger partial charge on any atom is -0.465 e. The molecule has 3 rings (SSSR count). The number of carbonyl (C=O) groups is 2. The summed E-state index contributed by atoms with van der Waals surface area (Å²) >= 11 is 0. The number of ether oxygens (including phenoxy) is 2. The molecule has 0 spiro atoms. The van der Waals surface area contributed by atoms with Crippen molar-refractivity contribution in [3.8, 4) is 16.9 Å². The maximum atomic E-state index is 12.7. The van der Waals surface area contributed by atoms with Gasteiger partial charge in [0.05, 0.1) is 19.9 Å². The highest BCUT2D eigenvalue weighted by Gasteiger charge is 2.31. The maximum absolute atomic E-state index is 12.7. The van der Waals surface area contributed by atoms with Gasteiger partial charge in [0.1, 0.15) is 11.3 Å². The van der Waals surface area contributed by atoms with Crippen molar-refractivity contribution in [3.63, 3.8) is 0 Å². The smallest absolute Gasteiger partial charge is 0.357 e. The molecule has 1 heterocycles. The molecule has 0 bridgehead atoms. The van der Waals surface area contributed by atoms with Gasteiger partial charge >= 0.3 is 11.9 Å². The number of benzene rings is 2. The summed E-state index contributed by atoms with van der Waals surface area (Å²) in [6.07, 6.45) is 0. The van der Waals surface area contributed by atoms with Crippen molar-refractivity contribution < 1.29 is 19.1 Å². The zero-order valence-corrected chi connectivity index (χ0v) is 18.3. The number of para-hydroxylation sites is 1. The molecular weight excluding hydrogens is 394 g/mol. The van der Waals surface area contributed by atoms with Crippen LogP contribution in [0.3, 0.4) is 0 Å². The van der Waals surface area contributed by atoms with E-state index in [0.717, 1.165) is 25.2 Å². The molecule has 0 aliphatic heterocycles. The summed E-state index contributed by atoms with van der Waals surface area (Å²) < 4.78 is 11.4. The van der Waals surface area contributed by atoms with Gasteiger partial charge < -0.3 is 9.47 Å². The quantitative estimate of drug-likeness (QED) is 0.513. The number of carbonyl (C=O) groups excluding carboxylic acids is 2. The van der Waals surface area contributed by atoms with Crippen molar-refractivity contribution in [1.82, 2.24) is 14.7 Å². The number of methoxy groups -OCH3 is 2. The summed E-state index contributed by atoms with van der Waals surface area (Å²) in [5.41, 5.74) is 2.98. The first-order valence-corrected chi connectivity index (χ1v) is 10.2. The Kier molecular flexibility index (Phi) is 7.20. The van der Waals surface area contributed by atoms with Crippen LogP contribution in [0.15, 0.2) is 54.6 Å². The Balaban J connectivity index is 2.14. The van der Waals surface area contributed by atoms with Crippen molar-refractivity contribution in [2.75, 3.05) is 27.3 Å². The van der Waals surface area contributed by atoms with Crippen LogP contribution in [0.1, 0.15) is 40.3 Å². The second kappa shape index (κ2) is 10.0. The first kappa shape index (κ1) is 22.2. The second-order valence-electron chi connectivity index (χ2n) is 6.96. The Bertz CT molecular complexity index is 1040. The average molecular weight is 421 g/mol. The molecule has 0 N–H and O–H groups in total. The molecule has 0 radical (unpaired) electrons. The SMILES string of the molecule is CCN(CC)Cc1ccc(-c2nn(-c3ccccc3)c(C(=O)OC)c2C(=O)OC)cc1. The molecule has 3 aromatic rings. The summed E-state index contributed by atoms with van der Waals surface area (Å²) in [7, 11) is 2.55. The van der Waals surface area contributed by atoms with Gasteiger partial charge in [-0.05, 0) is 30.8 Å². The van der Waals surface area contributed by atoms with Crippen LogP contribution in [-0.4, -0.2) is 53.9 Å². The van der Waals surface area contributed by atoms with Gasteiger partial charge in [0, 0.05) is 12.1 Å². The van der Waals surface area contributed by atoms with Gasteiger partial charge in [-0.3, -0.25) is 4.90 Å². The number of hydrogen-bond acceptors (Lipinski definition) is 6. The molecule has 0 amide bonds. The summed E-state index contributed by atoms with van der Waals surface area (Å²) in [5.74, 6) is -1.31. The molecule has 2 aromatic carbocycles. The van der Waals surface area contributed by atoms with Crippen LogP contribution in [0.4, 0.5) is 0 Å². The highest BCUT2D eigenvalue weighted by Crippen LogP contribution is 2.29. The highest BCUT2D eigenvalue weighted by atomic mass is 16.5. The van der Waals surface area contributed by atoms with E-state index in [0.29, 0.717) is 16.9 Å². The topological polar surface area (TPSA) is 73.7 Å². The molecule has 0 aliphatic carbocycles. The van der Waals surface area contributed by atoms with Gasteiger partial charge in [0.25, 0.3) is 0 Å². The van der Waals surface area contributed by atoms with Crippen molar-refractivity contribution in [1.29, 1.82) is 0 Å². The van der Waals surface area contributed by atoms with E-state index >= 15 is 0 Å². The van der Waals surface area contributed by atoms with Crippen LogP contribution in [0.2, 0.25) is 0 Å². The lowest BCUT2D eigenvalue weighted by atomic mass is 10.0. The number of hydrogen-bond donors (Lipinski definition) is 0. The first-order valence-electron chi connectivity index (χ1n) is 10.2. The highest BCUT2D eigenvalue weighted by molar-refractivity contribution is 6.06. The van der Waals surface area contributed by atoms with E-state index in [4.69, 9.17) is 9.47 Å². The van der Waals surface area contributed by atoms with E-state index in [1.807, 2.05) is 42.5 Å². The number of rotatable bonds is 8. The van der Waals surface area contributed by atoms with E-state index in [-0.39, 0.29) is 11.3 Å². The zero-order chi connectivity index (χ0) is 22.4. The van der Waals surface area contributed by atoms with Crippen molar-refractivity contribution in [3.05, 3.63) is 71.4 Å². The molecule has 0 aliphatic rings. The summed E-state index contributed by atoms with van der Waals surface area (Å²) in [6.45, 7) is 7.03. The predicted molar refractivity (Wildman–Crippen MR) is 118 cm³/mol. The molecule has 31 heavy (non-hydrogen) atoms. The minimum atomic E-state index is -0.666. The number of esters is 2. The fourth-order valence-corrected chi connectivity index (χ4v) is 3.43. The standard InChI is InChI=1S/C24H27N3O4/c1-5-26(6-2)16-17-12-14-18(15-13-17)21-20(23(28)30-3)22(24(29)31-4)27(25-21)19-10-8-7-9-11-19/h7-15H,5-6,16H2,1-4H3. The molecule has 0 saturated carbocycles. The van der Waals surface area contributed by atoms with Crippen LogP contribution in [0.25, 0.3) is 16.9 Å². The lowest BCUT2D eigenvalue weighted by Crippen LogP contribution is -2.21. The molecule has 1 aromatic heterocycles. The van der Waals surface area contributed by atoms with Gasteiger partial charge in [-0.25, -0.2) is 14.3 Å². The van der Waals surface area contributed by atoms with E-state index < -0.39 is 11.9 Å². The number of aromatic nitrogens is 2. The molecule has 0 fully saturated rings. The van der Waals surface area contributed by atoms with Gasteiger partial charge in [-0.2, -0.15) is 5.10 Å². The van der Waals surface area contributed by atoms with Gasteiger partial charge in [0.15, 0.2) is 5.69 Å². The Labute approximate surface area is 182 Å². The van der Waals surface area contributed by atoms with Crippen molar-refractivity contribution in [2.45, 2.75) is 20.4 Å². The van der Waals surface area contributed by atoms with Gasteiger partial charge in [-0.15, -0.1) is 0 Å². The van der Waals surface area contributed by atoms with E-state index in [2.05, 4.69) is 23.8 Å². The van der Waals surface area contributed by atoms with Crippen LogP contribution in [0.5, 0.6) is 0 Å². The molecule has 7 nitrogen and oxygen atoms in total. The Hall–Kier alpha value is -3.45. The van der Waals surface area contributed by atoms with Crippen LogP contribution >= 0.6 is 0 Å². The van der Waals surface area contributed by atoms with E-state index in [9.17, 15) is 9.59 Å². The van der Waals surface area contributed by atoms with Crippen LogP contribution in [-0.2, 0) is 16.0 Å². The van der Waals surface area contributed by atoms with E-state index in [1.54, 1.807) is 12.1 Å². The minimum absolute atomic E-state index is 0.0303. The van der Waals surface area contributed by atoms with Crippen LogP contribution in [0, 0.1) is 0 Å². The molecule has 0 atom stereocenters. The van der Waals surface area contributed by atoms with Crippen LogP contribution < -0.4 is 0 Å². The Morgan fingerprint density at radius 2 is 1.52 bits per heavy atom. The lowest BCUT2D eigenvalue weighted by Gasteiger charge is -2.18. The molecule has 7 heteroatoms. The Morgan fingerprint density at radius 1 is 0.903 bits per heavy atom. The Morgan fingerprint density at radius 3 is 2.06 bits per heavy atom. The predicted octanol–water partition coefficient (Wildman–Crippen LogP) is 3.95. The third kappa shape index (κ3) is 4.67. The molecular formula is C24H27N3O4. The monoisotopic (exact) mass is 421 g/mol. The van der Waals surface area contributed by atoms with Crippen molar-refractivity contribution in [2.24, 2.45) is 0 Å². The fraction of sp³-hybridized carbons (Fsp3) is 0.292. The third-order valence-corrected chi connectivity index (χ3v) is 5.18. The summed E-state index contributed by atoms with van der Waals surface area (Å²) in [6, 6.07) is 17.0. The normalized spacial score (nSPS) is 10.9. The number of nitrogens with zero attached hydrogens (tertiary/aromatic N) is 3. The van der Waals surface area contributed by atoms with Gasteiger partial charge in [0.2, 0.25) is 0 Å². The van der Waals surface area contributed by atoms with Gasteiger partial charge in [-0.1, -0.05) is 56.3 Å². The largest absolute Gasteiger partial charge is 0.465 e. The maximum Gasteiger partial charge on any atom is 0.357 e. The first-order chi connectivity index (χ1) is 15.0. The lowest BCUT2D eigenvalue weighted by molar-refractivity contribution is 0.0549. The summed E-state index contributed by atoms with van der Waals surface area (Å²) in [5, 5.41) is 4.62. The third-order valence-electron chi connectivity index (χ3n) is 5.18. The molecule has 0 saturated heterocycles. The zero-order valence-electron chi connectivity index (χ0n) is 18.3. The molecule has 162 valence electrons. The average Bonchev–Trinajstić information content (AvgIpc) is 3.23. The van der Waals surface area contributed by atoms with Crippen molar-refractivity contribution >= 4 is 11.9 Å². The summed E-state index contributed by atoms with van der Waals surface area (Å²) in [4.78, 5) is 27.6. The van der Waals surface area contributed by atoms with E-state index in [1.165, 1.54) is 18.9 Å². The second-order valence-corrected chi connectivity index (χ2v) is 6.96.